The summed E-state index contributed by atoms with van der Waals surface area (Å²) in [6.07, 6.45) is 1.10. The van der Waals surface area contributed by atoms with Crippen LogP contribution in [0.5, 0.6) is 5.88 Å². The lowest BCUT2D eigenvalue weighted by molar-refractivity contribution is 0.0952. The van der Waals surface area contributed by atoms with Crippen molar-refractivity contribution >= 4 is 16.3 Å². The summed E-state index contributed by atoms with van der Waals surface area (Å²) in [5.74, 6) is 1.98. The molecule has 0 amide bonds. The number of aromatic nitrogens is 4. The fourth-order valence-electron chi connectivity index (χ4n) is 5.76. The zero-order valence-electron chi connectivity index (χ0n) is 19.7. The first-order chi connectivity index (χ1) is 16.4. The number of thiazole rings is 1. The maximum atomic E-state index is 12.5. The average molecular weight is 476 g/mol. The molecule has 3 aromatic heterocycles. The standard InChI is InChI=1S/C26H29N5O2S/c1-15(2)18-7-9-19(10-8-18)23(24-25(33)31-26(34-24)27-16(3)28-31)29-12-17-11-20(14-29)21-5-4-6-22(32)30(21)13-17/h4-10,15,17,20,23,33H,11-14H2,1-3H3. The summed E-state index contributed by atoms with van der Waals surface area (Å²) in [5.41, 5.74) is 3.69. The number of hydrogen-bond donors (Lipinski definition) is 1. The van der Waals surface area contributed by atoms with Crippen LogP contribution in [0.25, 0.3) is 4.96 Å². The Bertz CT molecular complexity index is 1420. The van der Waals surface area contributed by atoms with E-state index in [0.29, 0.717) is 28.5 Å². The Labute approximate surface area is 202 Å². The molecule has 2 bridgehead atoms. The fraction of sp³-hybridized carbons (Fsp3) is 0.423. The fourth-order valence-corrected chi connectivity index (χ4v) is 6.92. The van der Waals surface area contributed by atoms with Crippen LogP contribution in [0.3, 0.4) is 0 Å². The van der Waals surface area contributed by atoms with Gasteiger partial charge >= 0.3 is 0 Å². The minimum atomic E-state index is -0.0951. The van der Waals surface area contributed by atoms with Crippen LogP contribution in [0, 0.1) is 12.8 Å². The van der Waals surface area contributed by atoms with Gasteiger partial charge in [0.2, 0.25) is 10.8 Å². The van der Waals surface area contributed by atoms with E-state index in [4.69, 9.17) is 0 Å². The van der Waals surface area contributed by atoms with E-state index >= 15 is 0 Å². The molecule has 1 N–H and O–H groups in total. The second-order valence-electron chi connectivity index (χ2n) is 10.0. The van der Waals surface area contributed by atoms with Gasteiger partial charge < -0.3 is 9.67 Å². The summed E-state index contributed by atoms with van der Waals surface area (Å²) >= 11 is 1.51. The van der Waals surface area contributed by atoms with Crippen molar-refractivity contribution in [3.8, 4) is 5.88 Å². The third-order valence-electron chi connectivity index (χ3n) is 7.35. The Balaban J connectivity index is 1.44. The molecule has 3 unspecified atom stereocenters. The van der Waals surface area contributed by atoms with Crippen molar-refractivity contribution in [1.82, 2.24) is 24.1 Å². The van der Waals surface area contributed by atoms with Crippen molar-refractivity contribution in [3.05, 3.63) is 80.3 Å². The first-order valence-electron chi connectivity index (χ1n) is 12.0. The topological polar surface area (TPSA) is 75.7 Å². The molecule has 5 heterocycles. The smallest absolute Gasteiger partial charge is 0.250 e. The second-order valence-corrected chi connectivity index (χ2v) is 11.0. The van der Waals surface area contributed by atoms with Crippen LogP contribution in [0.15, 0.2) is 47.3 Å². The molecular weight excluding hydrogens is 446 g/mol. The quantitative estimate of drug-likeness (QED) is 0.476. The molecule has 8 heteroatoms. The number of fused-ring (bicyclic) bond motifs is 5. The van der Waals surface area contributed by atoms with Gasteiger partial charge in [-0.15, -0.1) is 5.10 Å². The zero-order valence-corrected chi connectivity index (χ0v) is 20.5. The summed E-state index contributed by atoms with van der Waals surface area (Å²) in [4.78, 5) is 21.1. The van der Waals surface area contributed by atoms with E-state index in [1.54, 1.807) is 10.6 Å². The Hall–Kier alpha value is -2.97. The average Bonchev–Trinajstić information content (AvgIpc) is 3.32. The van der Waals surface area contributed by atoms with Gasteiger partial charge in [-0.1, -0.05) is 55.5 Å². The number of likely N-dealkylation sites (tertiary alicyclic amines) is 1. The normalized spacial score (nSPS) is 21.2. The number of hydrogen-bond acceptors (Lipinski definition) is 6. The molecule has 1 saturated heterocycles. The predicted octanol–water partition coefficient (Wildman–Crippen LogP) is 4.30. The third kappa shape index (κ3) is 3.47. The van der Waals surface area contributed by atoms with Crippen molar-refractivity contribution < 1.29 is 5.11 Å². The van der Waals surface area contributed by atoms with Crippen molar-refractivity contribution in [2.75, 3.05) is 13.1 Å². The summed E-state index contributed by atoms with van der Waals surface area (Å²) in [6.45, 7) is 8.70. The molecule has 0 saturated carbocycles. The molecule has 2 aliphatic heterocycles. The molecule has 176 valence electrons. The van der Waals surface area contributed by atoms with E-state index in [9.17, 15) is 9.90 Å². The summed E-state index contributed by atoms with van der Waals surface area (Å²) < 4.78 is 3.52. The Morgan fingerprint density at radius 2 is 1.82 bits per heavy atom. The van der Waals surface area contributed by atoms with E-state index in [0.717, 1.165) is 42.2 Å². The number of aromatic hydroxyl groups is 1. The Kier molecular flexibility index (Phi) is 5.11. The van der Waals surface area contributed by atoms with Crippen LogP contribution < -0.4 is 5.56 Å². The van der Waals surface area contributed by atoms with Crippen LogP contribution in [0.4, 0.5) is 0 Å². The highest BCUT2D eigenvalue weighted by atomic mass is 32.1. The first kappa shape index (κ1) is 21.6. The minimum absolute atomic E-state index is 0.0951. The molecule has 2 aliphatic rings. The molecule has 3 atom stereocenters. The van der Waals surface area contributed by atoms with E-state index in [-0.39, 0.29) is 17.5 Å². The van der Waals surface area contributed by atoms with Gasteiger partial charge in [0.15, 0.2) is 0 Å². The molecule has 7 nitrogen and oxygen atoms in total. The van der Waals surface area contributed by atoms with Crippen molar-refractivity contribution in [2.45, 2.75) is 51.6 Å². The minimum Gasteiger partial charge on any atom is -0.492 e. The molecular formula is C26H29N5O2S. The monoisotopic (exact) mass is 475 g/mol. The first-order valence-corrected chi connectivity index (χ1v) is 12.8. The van der Waals surface area contributed by atoms with Crippen molar-refractivity contribution in [1.29, 1.82) is 0 Å². The van der Waals surface area contributed by atoms with Crippen LogP contribution >= 0.6 is 11.3 Å². The van der Waals surface area contributed by atoms with Gasteiger partial charge in [-0.2, -0.15) is 4.52 Å². The number of pyridine rings is 1. The maximum absolute atomic E-state index is 12.5. The zero-order chi connectivity index (χ0) is 23.6. The Morgan fingerprint density at radius 1 is 1.06 bits per heavy atom. The molecule has 6 rings (SSSR count). The summed E-state index contributed by atoms with van der Waals surface area (Å²) in [7, 11) is 0. The number of benzene rings is 1. The molecule has 1 fully saturated rings. The van der Waals surface area contributed by atoms with Gasteiger partial charge in [-0.25, -0.2) is 4.98 Å². The largest absolute Gasteiger partial charge is 0.492 e. The number of nitrogens with zero attached hydrogens (tertiary/aromatic N) is 5. The van der Waals surface area contributed by atoms with Crippen molar-refractivity contribution in [3.63, 3.8) is 0 Å². The lowest BCUT2D eigenvalue weighted by Crippen LogP contribution is -2.48. The van der Waals surface area contributed by atoms with Gasteiger partial charge in [0, 0.05) is 37.3 Å². The highest BCUT2D eigenvalue weighted by molar-refractivity contribution is 7.17. The number of aryl methyl sites for hydroxylation is 1. The van der Waals surface area contributed by atoms with Crippen LogP contribution in [0.2, 0.25) is 0 Å². The second kappa shape index (κ2) is 8.06. The van der Waals surface area contributed by atoms with Crippen LogP contribution in [0.1, 0.15) is 65.7 Å². The molecule has 0 radical (unpaired) electrons. The maximum Gasteiger partial charge on any atom is 0.250 e. The predicted molar refractivity (Wildman–Crippen MR) is 133 cm³/mol. The van der Waals surface area contributed by atoms with E-state index in [1.165, 1.54) is 16.9 Å². The molecule has 0 spiro atoms. The molecule has 4 aromatic rings. The van der Waals surface area contributed by atoms with Gasteiger partial charge in [0.05, 0.1) is 10.9 Å². The summed E-state index contributed by atoms with van der Waals surface area (Å²) in [6, 6.07) is 14.3. The summed E-state index contributed by atoms with van der Waals surface area (Å²) in [5, 5.41) is 15.6. The highest BCUT2D eigenvalue weighted by Crippen LogP contribution is 2.44. The molecule has 0 aliphatic carbocycles. The number of rotatable bonds is 4. The Morgan fingerprint density at radius 3 is 2.56 bits per heavy atom. The van der Waals surface area contributed by atoms with E-state index in [1.807, 2.05) is 17.6 Å². The van der Waals surface area contributed by atoms with E-state index < -0.39 is 0 Å². The van der Waals surface area contributed by atoms with Crippen LogP contribution in [-0.4, -0.2) is 42.3 Å². The van der Waals surface area contributed by atoms with Gasteiger partial charge in [-0.05, 0) is 42.4 Å². The van der Waals surface area contributed by atoms with Gasteiger partial charge in [0.25, 0.3) is 5.56 Å². The molecule has 1 aromatic carbocycles. The molecule has 34 heavy (non-hydrogen) atoms. The third-order valence-corrected chi connectivity index (χ3v) is 8.42. The lowest BCUT2D eigenvalue weighted by Gasteiger charge is -2.45. The lowest BCUT2D eigenvalue weighted by atomic mass is 9.82. The van der Waals surface area contributed by atoms with Crippen LogP contribution in [-0.2, 0) is 6.54 Å². The highest BCUT2D eigenvalue weighted by Gasteiger charge is 2.39. The van der Waals surface area contributed by atoms with Gasteiger partial charge in [0.1, 0.15) is 5.82 Å². The SMILES string of the molecule is Cc1nc2sc(C(c3ccc(C(C)C)cc3)N3CC4CC(C3)c3cccc(=O)n3C4)c(O)n2n1. The van der Waals surface area contributed by atoms with Crippen molar-refractivity contribution in [2.24, 2.45) is 5.92 Å². The van der Waals surface area contributed by atoms with E-state index in [2.05, 4.69) is 59.2 Å². The van der Waals surface area contributed by atoms with Gasteiger partial charge in [-0.3, -0.25) is 9.69 Å². The number of piperidine rings is 1.